The maximum Gasteiger partial charge on any atom is 0.221 e. The summed E-state index contributed by atoms with van der Waals surface area (Å²) in [6, 6.07) is 5.52. The minimum atomic E-state index is -0.0715. The van der Waals surface area contributed by atoms with Crippen molar-refractivity contribution in [3.63, 3.8) is 0 Å². The first-order chi connectivity index (χ1) is 8.71. The molecule has 0 radical (unpaired) electrons. The molecular formula is C14H17NO3. The fourth-order valence-electron chi connectivity index (χ4n) is 1.56. The van der Waals surface area contributed by atoms with Crippen LogP contribution in [0.3, 0.4) is 0 Å². The van der Waals surface area contributed by atoms with Gasteiger partial charge < -0.3 is 14.8 Å². The number of rotatable bonds is 6. The number of ether oxygens (including phenoxy) is 2. The largest absolute Gasteiger partial charge is 0.497 e. The second-order valence-corrected chi connectivity index (χ2v) is 3.66. The Bertz CT molecular complexity index is 449. The van der Waals surface area contributed by atoms with E-state index in [1.807, 2.05) is 18.2 Å². The van der Waals surface area contributed by atoms with E-state index in [9.17, 15) is 4.79 Å². The number of hydrogen-bond acceptors (Lipinski definition) is 3. The molecule has 0 heterocycles. The van der Waals surface area contributed by atoms with Crippen LogP contribution < -0.4 is 14.8 Å². The van der Waals surface area contributed by atoms with Gasteiger partial charge in [-0.25, -0.2) is 0 Å². The summed E-state index contributed by atoms with van der Waals surface area (Å²) in [6.45, 7) is 0.258. The summed E-state index contributed by atoms with van der Waals surface area (Å²) in [6.07, 6.45) is 6.01. The number of hydrogen-bond donors (Lipinski definition) is 1. The minimum absolute atomic E-state index is 0.0715. The van der Waals surface area contributed by atoms with E-state index in [2.05, 4.69) is 11.2 Å². The molecule has 0 aliphatic carbocycles. The number of benzene rings is 1. The van der Waals surface area contributed by atoms with Crippen LogP contribution in [-0.2, 0) is 11.2 Å². The molecule has 0 aromatic heterocycles. The van der Waals surface area contributed by atoms with Gasteiger partial charge in [-0.15, -0.1) is 6.42 Å². The average Bonchev–Trinajstić information content (AvgIpc) is 2.42. The Balaban J connectivity index is 2.65. The predicted molar refractivity (Wildman–Crippen MR) is 69.7 cm³/mol. The molecule has 1 aromatic rings. The van der Waals surface area contributed by atoms with Gasteiger partial charge in [0.25, 0.3) is 0 Å². The van der Waals surface area contributed by atoms with Crippen LogP contribution in [0.4, 0.5) is 0 Å². The van der Waals surface area contributed by atoms with Gasteiger partial charge in [-0.3, -0.25) is 4.79 Å². The lowest BCUT2D eigenvalue weighted by Crippen LogP contribution is -2.23. The zero-order valence-corrected chi connectivity index (χ0v) is 10.7. The molecule has 18 heavy (non-hydrogen) atoms. The standard InChI is InChI=1S/C14H17NO3/c1-4-9-15-14(16)8-5-11-10-12(17-2)6-7-13(11)18-3/h1,6-7,10H,5,8-9H2,2-3H3,(H,15,16). The summed E-state index contributed by atoms with van der Waals surface area (Å²) in [5, 5.41) is 2.62. The summed E-state index contributed by atoms with van der Waals surface area (Å²) in [7, 11) is 3.20. The van der Waals surface area contributed by atoms with Crippen LogP contribution >= 0.6 is 0 Å². The van der Waals surface area contributed by atoms with Crippen molar-refractivity contribution in [3.8, 4) is 23.8 Å². The van der Waals surface area contributed by atoms with Crippen LogP contribution in [0.5, 0.6) is 11.5 Å². The van der Waals surface area contributed by atoms with Crippen molar-refractivity contribution >= 4 is 5.91 Å². The van der Waals surface area contributed by atoms with Crippen molar-refractivity contribution in [1.82, 2.24) is 5.32 Å². The van der Waals surface area contributed by atoms with Gasteiger partial charge in [0.2, 0.25) is 5.91 Å². The van der Waals surface area contributed by atoms with Gasteiger partial charge in [0.1, 0.15) is 11.5 Å². The Hall–Kier alpha value is -2.15. The van der Waals surface area contributed by atoms with E-state index in [4.69, 9.17) is 15.9 Å². The van der Waals surface area contributed by atoms with Crippen molar-refractivity contribution in [3.05, 3.63) is 23.8 Å². The fourth-order valence-corrected chi connectivity index (χ4v) is 1.56. The topological polar surface area (TPSA) is 47.6 Å². The SMILES string of the molecule is C#CCNC(=O)CCc1cc(OC)ccc1OC. The van der Waals surface area contributed by atoms with Crippen LogP contribution in [0.15, 0.2) is 18.2 Å². The number of methoxy groups -OCH3 is 2. The number of carbonyl (C=O) groups is 1. The highest BCUT2D eigenvalue weighted by Gasteiger charge is 2.07. The van der Waals surface area contributed by atoms with E-state index in [0.29, 0.717) is 12.8 Å². The quantitative estimate of drug-likeness (QED) is 0.773. The molecule has 1 N–H and O–H groups in total. The van der Waals surface area contributed by atoms with Crippen molar-refractivity contribution in [1.29, 1.82) is 0 Å². The minimum Gasteiger partial charge on any atom is -0.497 e. The van der Waals surface area contributed by atoms with Gasteiger partial charge in [0.15, 0.2) is 0 Å². The van der Waals surface area contributed by atoms with E-state index in [0.717, 1.165) is 17.1 Å². The molecule has 0 saturated heterocycles. The summed E-state index contributed by atoms with van der Waals surface area (Å²) < 4.78 is 10.4. The van der Waals surface area contributed by atoms with E-state index in [-0.39, 0.29) is 12.5 Å². The first-order valence-electron chi connectivity index (χ1n) is 5.62. The highest BCUT2D eigenvalue weighted by Crippen LogP contribution is 2.24. The van der Waals surface area contributed by atoms with E-state index in [1.54, 1.807) is 14.2 Å². The third-order valence-electron chi connectivity index (χ3n) is 2.50. The molecule has 4 heteroatoms. The Morgan fingerprint density at radius 1 is 1.39 bits per heavy atom. The zero-order chi connectivity index (χ0) is 13.4. The van der Waals surface area contributed by atoms with E-state index in [1.165, 1.54) is 0 Å². The van der Waals surface area contributed by atoms with Crippen molar-refractivity contribution in [2.45, 2.75) is 12.8 Å². The lowest BCUT2D eigenvalue weighted by molar-refractivity contribution is -0.120. The second kappa shape index (κ2) is 7.23. The Morgan fingerprint density at radius 3 is 2.78 bits per heavy atom. The van der Waals surface area contributed by atoms with Crippen LogP contribution in [0.2, 0.25) is 0 Å². The molecule has 0 aliphatic heterocycles. The molecule has 1 amide bonds. The number of aryl methyl sites for hydroxylation is 1. The van der Waals surface area contributed by atoms with Crippen LogP contribution in [-0.4, -0.2) is 26.7 Å². The summed E-state index contributed by atoms with van der Waals surface area (Å²) in [5.41, 5.74) is 0.938. The maximum atomic E-state index is 11.5. The summed E-state index contributed by atoms with van der Waals surface area (Å²) in [5.74, 6) is 3.79. The predicted octanol–water partition coefficient (Wildman–Crippen LogP) is 1.39. The second-order valence-electron chi connectivity index (χ2n) is 3.66. The molecule has 0 atom stereocenters. The van der Waals surface area contributed by atoms with E-state index >= 15 is 0 Å². The van der Waals surface area contributed by atoms with Gasteiger partial charge in [-0.2, -0.15) is 0 Å². The Morgan fingerprint density at radius 2 is 2.17 bits per heavy atom. The van der Waals surface area contributed by atoms with Crippen molar-refractivity contribution < 1.29 is 14.3 Å². The average molecular weight is 247 g/mol. The van der Waals surface area contributed by atoms with Crippen LogP contribution in [0.25, 0.3) is 0 Å². The van der Waals surface area contributed by atoms with Gasteiger partial charge in [0, 0.05) is 6.42 Å². The molecule has 0 saturated carbocycles. The van der Waals surface area contributed by atoms with Gasteiger partial charge in [-0.05, 0) is 30.2 Å². The lowest BCUT2D eigenvalue weighted by Gasteiger charge is -2.10. The summed E-state index contributed by atoms with van der Waals surface area (Å²) >= 11 is 0. The first-order valence-corrected chi connectivity index (χ1v) is 5.62. The zero-order valence-electron chi connectivity index (χ0n) is 10.7. The van der Waals surface area contributed by atoms with Crippen molar-refractivity contribution in [2.24, 2.45) is 0 Å². The number of carbonyl (C=O) groups excluding carboxylic acids is 1. The van der Waals surface area contributed by atoms with Gasteiger partial charge in [0.05, 0.1) is 20.8 Å². The van der Waals surface area contributed by atoms with Gasteiger partial charge in [-0.1, -0.05) is 5.92 Å². The monoisotopic (exact) mass is 247 g/mol. The molecule has 0 fully saturated rings. The third kappa shape index (κ3) is 4.02. The molecule has 96 valence electrons. The lowest BCUT2D eigenvalue weighted by atomic mass is 10.1. The Kier molecular flexibility index (Phi) is 5.59. The normalized spacial score (nSPS) is 9.39. The summed E-state index contributed by atoms with van der Waals surface area (Å²) in [4.78, 5) is 11.5. The van der Waals surface area contributed by atoms with Crippen LogP contribution in [0.1, 0.15) is 12.0 Å². The molecule has 0 spiro atoms. The number of terminal acetylenes is 1. The third-order valence-corrected chi connectivity index (χ3v) is 2.50. The number of amides is 1. The molecule has 1 rings (SSSR count). The molecular weight excluding hydrogens is 230 g/mol. The molecule has 0 aliphatic rings. The fraction of sp³-hybridized carbons (Fsp3) is 0.357. The molecule has 0 unspecified atom stereocenters. The van der Waals surface area contributed by atoms with E-state index < -0.39 is 0 Å². The smallest absolute Gasteiger partial charge is 0.221 e. The first kappa shape index (κ1) is 13.9. The molecule has 0 bridgehead atoms. The van der Waals surface area contributed by atoms with Crippen LogP contribution in [0, 0.1) is 12.3 Å². The highest BCUT2D eigenvalue weighted by atomic mass is 16.5. The van der Waals surface area contributed by atoms with Gasteiger partial charge >= 0.3 is 0 Å². The molecule has 4 nitrogen and oxygen atoms in total. The Labute approximate surface area is 107 Å². The highest BCUT2D eigenvalue weighted by molar-refractivity contribution is 5.76. The number of nitrogens with one attached hydrogen (secondary N) is 1. The maximum absolute atomic E-state index is 11.5. The molecule has 1 aromatic carbocycles. The van der Waals surface area contributed by atoms with Crippen molar-refractivity contribution in [2.75, 3.05) is 20.8 Å².